The van der Waals surface area contributed by atoms with Crippen molar-refractivity contribution in [3.8, 4) is 17.1 Å². The van der Waals surface area contributed by atoms with Crippen LogP contribution in [-0.2, 0) is 0 Å². The van der Waals surface area contributed by atoms with E-state index in [0.29, 0.717) is 35.1 Å². The Morgan fingerprint density at radius 3 is 2.71 bits per heavy atom. The van der Waals surface area contributed by atoms with Gasteiger partial charge in [-0.05, 0) is 56.9 Å². The minimum Gasteiger partial charge on any atom is -0.437 e. The largest absolute Gasteiger partial charge is 0.437 e. The van der Waals surface area contributed by atoms with E-state index in [1.165, 1.54) is 13.0 Å². The number of imidazole rings is 1. The van der Waals surface area contributed by atoms with Crippen molar-refractivity contribution < 1.29 is 13.9 Å². The molecule has 1 aliphatic rings. The molecule has 1 amide bonds. The number of nitrogens with one attached hydrogen (secondary N) is 2. The van der Waals surface area contributed by atoms with Crippen LogP contribution in [0.25, 0.3) is 16.9 Å². The molecule has 0 saturated heterocycles. The first-order valence-electron chi connectivity index (χ1n) is 11.7. The molecule has 8 heteroatoms. The van der Waals surface area contributed by atoms with Gasteiger partial charge in [-0.15, -0.1) is 5.10 Å². The molecule has 7 nitrogen and oxygen atoms in total. The second kappa shape index (κ2) is 10.1. The molecule has 4 rings (SSSR count). The lowest BCUT2D eigenvalue weighted by Gasteiger charge is -2.12. The van der Waals surface area contributed by atoms with Gasteiger partial charge in [-0.1, -0.05) is 25.1 Å². The summed E-state index contributed by atoms with van der Waals surface area (Å²) >= 11 is 0. The van der Waals surface area contributed by atoms with Gasteiger partial charge in [0.25, 0.3) is 5.91 Å². The summed E-state index contributed by atoms with van der Waals surface area (Å²) in [5, 5.41) is 10.8. The maximum absolute atomic E-state index is 13.7. The van der Waals surface area contributed by atoms with Crippen molar-refractivity contribution in [2.24, 2.45) is 0 Å². The van der Waals surface area contributed by atoms with Crippen LogP contribution in [0.1, 0.15) is 49.0 Å². The van der Waals surface area contributed by atoms with Gasteiger partial charge in [-0.3, -0.25) is 4.79 Å². The van der Waals surface area contributed by atoms with Crippen molar-refractivity contribution in [2.45, 2.75) is 46.1 Å². The van der Waals surface area contributed by atoms with E-state index in [2.05, 4.69) is 27.3 Å². The highest BCUT2D eigenvalue weighted by molar-refractivity contribution is 5.96. The number of hydrogen-bond donors (Lipinski definition) is 2. The fourth-order valence-corrected chi connectivity index (χ4v) is 3.67. The monoisotopic (exact) mass is 475 g/mol. The normalized spacial score (nSPS) is 14.2. The number of benzene rings is 1. The Kier molecular flexibility index (Phi) is 7.00. The highest BCUT2D eigenvalue weighted by atomic mass is 19.1. The molecular formula is C27H30FN5O2. The van der Waals surface area contributed by atoms with Gasteiger partial charge in [0.05, 0.1) is 17.6 Å². The Hall–Kier alpha value is -3.94. The van der Waals surface area contributed by atoms with Gasteiger partial charge in [0.15, 0.2) is 5.65 Å². The molecule has 0 atom stereocenters. The summed E-state index contributed by atoms with van der Waals surface area (Å²) in [7, 11) is 1.78. The minimum atomic E-state index is -0.389. The SMILES string of the molecule is C=C(C=C(C=C(C)F)Oc1cc(NC)c2ncc(-c3ccc(C(=O)NC4CC4)c(C)c3)n2n1)CC. The average Bonchev–Trinajstić information content (AvgIpc) is 3.53. The number of ether oxygens (including phenoxy) is 1. The molecule has 1 aliphatic carbocycles. The Morgan fingerprint density at radius 1 is 1.31 bits per heavy atom. The quantitative estimate of drug-likeness (QED) is 0.305. The Balaban J connectivity index is 1.72. The van der Waals surface area contributed by atoms with Gasteiger partial charge in [0, 0.05) is 36.4 Å². The smallest absolute Gasteiger partial charge is 0.251 e. The number of hydrogen-bond acceptors (Lipinski definition) is 5. The summed E-state index contributed by atoms with van der Waals surface area (Å²) < 4.78 is 21.3. The molecule has 2 aromatic heterocycles. The number of carbonyl (C=O) groups is 1. The molecule has 0 unspecified atom stereocenters. The lowest BCUT2D eigenvalue weighted by atomic mass is 10.0. The number of carbonyl (C=O) groups excluding carboxylic acids is 1. The molecule has 1 fully saturated rings. The molecule has 35 heavy (non-hydrogen) atoms. The first kappa shape index (κ1) is 24.2. The van der Waals surface area contributed by atoms with Crippen LogP contribution >= 0.6 is 0 Å². The fourth-order valence-electron chi connectivity index (χ4n) is 3.67. The lowest BCUT2D eigenvalue weighted by Crippen LogP contribution is -2.26. The van der Waals surface area contributed by atoms with E-state index < -0.39 is 0 Å². The molecule has 1 saturated carbocycles. The van der Waals surface area contributed by atoms with Crippen molar-refractivity contribution in [1.82, 2.24) is 19.9 Å². The lowest BCUT2D eigenvalue weighted by molar-refractivity contribution is 0.0950. The highest BCUT2D eigenvalue weighted by Gasteiger charge is 2.24. The van der Waals surface area contributed by atoms with E-state index >= 15 is 0 Å². The number of aromatic nitrogens is 3. The summed E-state index contributed by atoms with van der Waals surface area (Å²) in [5.74, 6) is 0.130. The summed E-state index contributed by atoms with van der Waals surface area (Å²) in [6, 6.07) is 7.68. The average molecular weight is 476 g/mol. The molecule has 0 spiro atoms. The van der Waals surface area contributed by atoms with Crippen molar-refractivity contribution in [3.05, 3.63) is 77.5 Å². The first-order chi connectivity index (χ1) is 16.8. The molecule has 0 radical (unpaired) electrons. The second-order valence-corrected chi connectivity index (χ2v) is 8.69. The first-order valence-corrected chi connectivity index (χ1v) is 11.7. The van der Waals surface area contributed by atoms with E-state index in [1.54, 1.807) is 29.9 Å². The number of halogens is 1. The van der Waals surface area contributed by atoms with Crippen LogP contribution in [0.5, 0.6) is 5.88 Å². The van der Waals surface area contributed by atoms with Crippen LogP contribution in [0, 0.1) is 6.92 Å². The van der Waals surface area contributed by atoms with Crippen molar-refractivity contribution >= 4 is 17.2 Å². The third kappa shape index (κ3) is 5.59. The van der Waals surface area contributed by atoms with Crippen LogP contribution in [0.3, 0.4) is 0 Å². The third-order valence-electron chi connectivity index (χ3n) is 5.76. The molecule has 2 N–H and O–H groups in total. The Labute approximate surface area is 204 Å². The zero-order valence-corrected chi connectivity index (χ0v) is 20.5. The maximum atomic E-state index is 13.7. The van der Waals surface area contributed by atoms with Crippen LogP contribution in [0.2, 0.25) is 0 Å². The van der Waals surface area contributed by atoms with Gasteiger partial charge in [0.2, 0.25) is 5.88 Å². The van der Waals surface area contributed by atoms with E-state index in [1.807, 2.05) is 32.0 Å². The molecule has 2 heterocycles. The van der Waals surface area contributed by atoms with E-state index in [-0.39, 0.29) is 17.6 Å². The van der Waals surface area contributed by atoms with Crippen LogP contribution < -0.4 is 15.4 Å². The molecule has 0 bridgehead atoms. The second-order valence-electron chi connectivity index (χ2n) is 8.69. The van der Waals surface area contributed by atoms with Crippen molar-refractivity contribution in [1.29, 1.82) is 0 Å². The minimum absolute atomic E-state index is 0.0508. The summed E-state index contributed by atoms with van der Waals surface area (Å²) in [5.41, 5.74) is 5.23. The number of allylic oxidation sites excluding steroid dienone is 4. The van der Waals surface area contributed by atoms with Gasteiger partial charge >= 0.3 is 0 Å². The van der Waals surface area contributed by atoms with Crippen LogP contribution in [0.15, 0.2) is 66.4 Å². The number of fused-ring (bicyclic) bond motifs is 1. The van der Waals surface area contributed by atoms with Crippen molar-refractivity contribution in [3.63, 3.8) is 0 Å². The van der Waals surface area contributed by atoms with Crippen molar-refractivity contribution in [2.75, 3.05) is 12.4 Å². The number of nitrogens with zero attached hydrogens (tertiary/aromatic N) is 3. The van der Waals surface area contributed by atoms with Gasteiger partial charge < -0.3 is 15.4 Å². The summed E-state index contributed by atoms with van der Waals surface area (Å²) in [6.45, 7) is 9.19. The summed E-state index contributed by atoms with van der Waals surface area (Å²) in [6.07, 6.45) is 7.51. The molecule has 182 valence electrons. The predicted octanol–water partition coefficient (Wildman–Crippen LogP) is 5.74. The number of anilines is 1. The Morgan fingerprint density at radius 2 is 2.09 bits per heavy atom. The van der Waals surface area contributed by atoms with Gasteiger partial charge in [-0.2, -0.15) is 0 Å². The predicted molar refractivity (Wildman–Crippen MR) is 136 cm³/mol. The molecule has 3 aromatic rings. The van der Waals surface area contributed by atoms with Crippen LogP contribution in [-0.4, -0.2) is 33.6 Å². The summed E-state index contributed by atoms with van der Waals surface area (Å²) in [4.78, 5) is 17.1. The fraction of sp³-hybridized carbons (Fsp3) is 0.296. The van der Waals surface area contributed by atoms with Gasteiger partial charge in [-0.25, -0.2) is 13.9 Å². The topological polar surface area (TPSA) is 80.5 Å². The number of rotatable bonds is 9. The van der Waals surface area contributed by atoms with Gasteiger partial charge in [0.1, 0.15) is 11.6 Å². The maximum Gasteiger partial charge on any atom is 0.251 e. The van der Waals surface area contributed by atoms with E-state index in [9.17, 15) is 9.18 Å². The van der Waals surface area contributed by atoms with Crippen LogP contribution in [0.4, 0.5) is 10.1 Å². The number of aryl methyl sites for hydroxylation is 1. The zero-order valence-electron chi connectivity index (χ0n) is 20.5. The standard InChI is InChI=1S/C27H30FN5O2/c1-6-16(2)11-21(13-18(4)28)35-25-14-23(29-5)26-30-15-24(33(26)32-25)19-7-10-22(17(3)12-19)27(34)31-20-8-9-20/h7,10-15,20,29H,2,6,8-9H2,1,3-5H3,(H,31,34). The molecule has 0 aliphatic heterocycles. The van der Waals surface area contributed by atoms with E-state index in [4.69, 9.17) is 4.74 Å². The molecule has 1 aromatic carbocycles. The highest BCUT2D eigenvalue weighted by Crippen LogP contribution is 2.29. The number of amides is 1. The molecular weight excluding hydrogens is 445 g/mol. The van der Waals surface area contributed by atoms with E-state index in [0.717, 1.165) is 35.2 Å². The zero-order chi connectivity index (χ0) is 25.1. The Bertz CT molecular complexity index is 1350. The third-order valence-corrected chi connectivity index (χ3v) is 5.76.